The van der Waals surface area contributed by atoms with E-state index >= 15 is 0 Å². The minimum Gasteiger partial charge on any atom is -0.483 e. The molecule has 1 heterocycles. The van der Waals surface area contributed by atoms with Gasteiger partial charge in [-0.15, -0.1) is 0 Å². The molecule has 6 heteroatoms. The lowest BCUT2D eigenvalue weighted by Gasteiger charge is -2.18. The number of halogens is 1. The molecule has 1 aliphatic rings. The molecule has 98 valence electrons. The van der Waals surface area contributed by atoms with Gasteiger partial charge in [-0.2, -0.15) is 0 Å². The highest BCUT2D eigenvalue weighted by Crippen LogP contribution is 2.41. The zero-order valence-corrected chi connectivity index (χ0v) is 12.0. The van der Waals surface area contributed by atoms with E-state index < -0.39 is 6.09 Å². The third kappa shape index (κ3) is 2.67. The number of fused-ring (bicyclic) bond motifs is 1. The minimum absolute atomic E-state index is 0.266. The second-order valence-corrected chi connectivity index (χ2v) is 5.82. The van der Waals surface area contributed by atoms with E-state index in [0.29, 0.717) is 11.5 Å². The summed E-state index contributed by atoms with van der Waals surface area (Å²) in [5.41, 5.74) is 0.782. The number of nitrogens with zero attached hydrogens (tertiary/aromatic N) is 1. The molecule has 0 aromatic heterocycles. The summed E-state index contributed by atoms with van der Waals surface area (Å²) in [7, 11) is 7.02. The molecule has 1 amide bonds. The molecule has 0 saturated heterocycles. The standard InChI is InChI=1S/C12H14ClNO3S/c1-12(2)7-8-5-4-6-9(10(8)17-12)16-11(15)14(3)18-13/h4-6H,7H2,1-3H3. The summed E-state index contributed by atoms with van der Waals surface area (Å²) >= 11 is 0.775. The molecule has 0 unspecified atom stereocenters. The first-order valence-electron chi connectivity index (χ1n) is 5.48. The van der Waals surface area contributed by atoms with Crippen LogP contribution in [0.5, 0.6) is 11.5 Å². The van der Waals surface area contributed by atoms with Gasteiger partial charge in [-0.25, -0.2) is 9.10 Å². The molecule has 0 spiro atoms. The van der Waals surface area contributed by atoms with Gasteiger partial charge in [0.15, 0.2) is 11.5 Å². The van der Waals surface area contributed by atoms with Gasteiger partial charge in [0.25, 0.3) is 0 Å². The van der Waals surface area contributed by atoms with Gasteiger partial charge in [0.2, 0.25) is 0 Å². The van der Waals surface area contributed by atoms with E-state index in [1.165, 1.54) is 11.4 Å². The SMILES string of the molecule is CN(SCl)C(=O)Oc1cccc2c1OC(C)(C)C2. The van der Waals surface area contributed by atoms with Gasteiger partial charge in [0, 0.05) is 19.0 Å². The molecular formula is C12H14ClNO3S. The quantitative estimate of drug-likeness (QED) is 0.779. The zero-order valence-electron chi connectivity index (χ0n) is 10.4. The second kappa shape index (κ2) is 4.90. The van der Waals surface area contributed by atoms with Crippen molar-refractivity contribution in [1.82, 2.24) is 4.31 Å². The van der Waals surface area contributed by atoms with Crippen molar-refractivity contribution in [2.75, 3.05) is 7.05 Å². The maximum Gasteiger partial charge on any atom is 0.426 e. The number of hydrogen-bond donors (Lipinski definition) is 0. The Hall–Kier alpha value is -1.07. The van der Waals surface area contributed by atoms with Gasteiger partial charge in [-0.05, 0) is 30.6 Å². The first kappa shape index (κ1) is 13.4. The van der Waals surface area contributed by atoms with Crippen molar-refractivity contribution in [1.29, 1.82) is 0 Å². The summed E-state index contributed by atoms with van der Waals surface area (Å²) in [6.07, 6.45) is 0.269. The summed E-state index contributed by atoms with van der Waals surface area (Å²) in [4.78, 5) is 11.6. The van der Waals surface area contributed by atoms with Crippen molar-refractivity contribution in [2.45, 2.75) is 25.9 Å². The smallest absolute Gasteiger partial charge is 0.426 e. The van der Waals surface area contributed by atoms with Gasteiger partial charge >= 0.3 is 6.09 Å². The van der Waals surface area contributed by atoms with Crippen LogP contribution in [0.25, 0.3) is 0 Å². The summed E-state index contributed by atoms with van der Waals surface area (Å²) < 4.78 is 12.3. The van der Waals surface area contributed by atoms with E-state index in [9.17, 15) is 4.79 Å². The highest BCUT2D eigenvalue weighted by atomic mass is 35.7. The van der Waals surface area contributed by atoms with Crippen LogP contribution >= 0.6 is 21.8 Å². The molecule has 0 atom stereocenters. The highest BCUT2D eigenvalue weighted by Gasteiger charge is 2.33. The Balaban J connectivity index is 2.22. The molecule has 0 N–H and O–H groups in total. The fourth-order valence-electron chi connectivity index (χ4n) is 1.85. The number of para-hydroxylation sites is 1. The number of benzene rings is 1. The Labute approximate surface area is 115 Å². The van der Waals surface area contributed by atoms with Crippen molar-refractivity contribution in [3.05, 3.63) is 23.8 Å². The molecule has 4 nitrogen and oxygen atoms in total. The molecule has 0 bridgehead atoms. The lowest BCUT2D eigenvalue weighted by atomic mass is 10.0. The Morgan fingerprint density at radius 1 is 1.56 bits per heavy atom. The lowest BCUT2D eigenvalue weighted by Crippen LogP contribution is -2.25. The average Bonchev–Trinajstić information content (AvgIpc) is 2.63. The van der Waals surface area contributed by atoms with Gasteiger partial charge in [-0.3, -0.25) is 0 Å². The molecular weight excluding hydrogens is 274 g/mol. The number of carbonyl (C=O) groups excluding carboxylic acids is 1. The molecule has 0 aliphatic carbocycles. The van der Waals surface area contributed by atoms with E-state index in [1.807, 2.05) is 26.0 Å². The minimum atomic E-state index is -0.531. The first-order valence-corrected chi connectivity index (χ1v) is 7.08. The van der Waals surface area contributed by atoms with E-state index in [1.54, 1.807) is 6.07 Å². The summed E-state index contributed by atoms with van der Waals surface area (Å²) in [5, 5.41) is 0. The number of carbonyl (C=O) groups is 1. The van der Waals surface area contributed by atoms with Crippen LogP contribution in [0.3, 0.4) is 0 Å². The molecule has 2 rings (SSSR count). The summed E-state index contributed by atoms with van der Waals surface area (Å²) in [5.74, 6) is 1.07. The monoisotopic (exact) mass is 287 g/mol. The summed E-state index contributed by atoms with van der Waals surface area (Å²) in [6.45, 7) is 4.00. The van der Waals surface area contributed by atoms with Crippen molar-refractivity contribution in [2.24, 2.45) is 0 Å². The normalized spacial score (nSPS) is 15.8. The summed E-state index contributed by atoms with van der Waals surface area (Å²) in [6, 6.07) is 5.53. The van der Waals surface area contributed by atoms with Crippen LogP contribution in [0.4, 0.5) is 4.79 Å². The van der Waals surface area contributed by atoms with Gasteiger partial charge in [-0.1, -0.05) is 12.1 Å². The molecule has 1 aliphatic heterocycles. The van der Waals surface area contributed by atoms with E-state index in [0.717, 1.165) is 23.1 Å². The van der Waals surface area contributed by atoms with E-state index in [2.05, 4.69) is 0 Å². The molecule has 0 radical (unpaired) electrons. The van der Waals surface area contributed by atoms with Crippen LogP contribution in [-0.2, 0) is 6.42 Å². The number of hydrogen-bond acceptors (Lipinski definition) is 4. The van der Waals surface area contributed by atoms with Crippen LogP contribution in [-0.4, -0.2) is 23.0 Å². The largest absolute Gasteiger partial charge is 0.483 e. The topological polar surface area (TPSA) is 38.8 Å². The number of ether oxygens (including phenoxy) is 2. The third-order valence-electron chi connectivity index (χ3n) is 2.61. The van der Waals surface area contributed by atoms with Crippen LogP contribution < -0.4 is 9.47 Å². The lowest BCUT2D eigenvalue weighted by molar-refractivity contribution is 0.132. The maximum atomic E-state index is 11.6. The van der Waals surface area contributed by atoms with Crippen molar-refractivity contribution < 1.29 is 14.3 Å². The first-order chi connectivity index (χ1) is 8.43. The predicted molar refractivity (Wildman–Crippen MR) is 72.1 cm³/mol. The van der Waals surface area contributed by atoms with Crippen molar-refractivity contribution >= 4 is 27.9 Å². The zero-order chi connectivity index (χ0) is 13.3. The fourth-order valence-corrected chi connectivity index (χ4v) is 2.12. The van der Waals surface area contributed by atoms with E-state index in [4.69, 9.17) is 20.2 Å². The molecule has 1 aromatic rings. The molecule has 0 fully saturated rings. The number of amides is 1. The van der Waals surface area contributed by atoms with Gasteiger partial charge in [0.1, 0.15) is 5.60 Å². The Kier molecular flexibility index (Phi) is 3.64. The highest BCUT2D eigenvalue weighted by molar-refractivity contribution is 8.19. The van der Waals surface area contributed by atoms with Crippen molar-refractivity contribution in [3.8, 4) is 11.5 Å². The Bertz CT molecular complexity index is 478. The maximum absolute atomic E-state index is 11.6. The Morgan fingerprint density at radius 3 is 2.94 bits per heavy atom. The predicted octanol–water partition coefficient (Wildman–Crippen LogP) is 3.63. The number of rotatable bonds is 2. The van der Waals surface area contributed by atoms with Gasteiger partial charge in [0.05, 0.1) is 11.2 Å². The van der Waals surface area contributed by atoms with Crippen molar-refractivity contribution in [3.63, 3.8) is 0 Å². The van der Waals surface area contributed by atoms with Crippen LogP contribution in [0, 0.1) is 0 Å². The van der Waals surface area contributed by atoms with Crippen LogP contribution in [0.2, 0.25) is 0 Å². The average molecular weight is 288 g/mol. The molecule has 18 heavy (non-hydrogen) atoms. The molecule has 0 saturated carbocycles. The van der Waals surface area contributed by atoms with Crippen LogP contribution in [0.15, 0.2) is 18.2 Å². The van der Waals surface area contributed by atoms with Crippen LogP contribution in [0.1, 0.15) is 19.4 Å². The van der Waals surface area contributed by atoms with Gasteiger partial charge < -0.3 is 9.47 Å². The second-order valence-electron chi connectivity index (χ2n) is 4.72. The Morgan fingerprint density at radius 2 is 2.28 bits per heavy atom. The van der Waals surface area contributed by atoms with E-state index in [-0.39, 0.29) is 5.60 Å². The third-order valence-corrected chi connectivity index (χ3v) is 3.59. The molecule has 1 aromatic carbocycles. The fraction of sp³-hybridized carbons (Fsp3) is 0.417.